The van der Waals surface area contributed by atoms with Crippen molar-refractivity contribution in [2.24, 2.45) is 0 Å². The summed E-state index contributed by atoms with van der Waals surface area (Å²) in [6.45, 7) is 5.08. The highest BCUT2D eigenvalue weighted by Gasteiger charge is 2.39. The van der Waals surface area contributed by atoms with E-state index in [-0.39, 0.29) is 24.3 Å². The highest BCUT2D eigenvalue weighted by molar-refractivity contribution is 6.05. The van der Waals surface area contributed by atoms with Crippen LogP contribution in [0.5, 0.6) is 0 Å². The van der Waals surface area contributed by atoms with Gasteiger partial charge < -0.3 is 19.7 Å². The van der Waals surface area contributed by atoms with Gasteiger partial charge in [-0.2, -0.15) is 0 Å². The molecular formula is C26H28N4O6. The van der Waals surface area contributed by atoms with Gasteiger partial charge in [0.25, 0.3) is 5.91 Å². The van der Waals surface area contributed by atoms with Gasteiger partial charge in [0, 0.05) is 36.8 Å². The number of nitrogens with one attached hydrogen (secondary N) is 2. The fourth-order valence-corrected chi connectivity index (χ4v) is 4.84. The molecule has 0 bridgehead atoms. The van der Waals surface area contributed by atoms with E-state index in [1.165, 1.54) is 4.90 Å². The Balaban J connectivity index is 1.21. The molecule has 3 aliphatic heterocycles. The van der Waals surface area contributed by atoms with E-state index in [1.807, 2.05) is 25.1 Å². The molecule has 36 heavy (non-hydrogen) atoms. The third kappa shape index (κ3) is 4.68. The SMILES string of the molecule is CC(NC(=O)OC(C)c1ccc2c(c1)C(=O)N(C1CCC(=O)NC1=O)C2)c1cnc2c(c1)COCC2. The number of nitrogens with zero attached hydrogens (tertiary/aromatic N) is 2. The highest BCUT2D eigenvalue weighted by Crippen LogP contribution is 2.30. The number of rotatable bonds is 5. The van der Waals surface area contributed by atoms with E-state index in [1.54, 1.807) is 19.2 Å². The van der Waals surface area contributed by atoms with E-state index < -0.39 is 24.1 Å². The van der Waals surface area contributed by atoms with Gasteiger partial charge in [0.1, 0.15) is 12.1 Å². The maximum Gasteiger partial charge on any atom is 0.408 e. The van der Waals surface area contributed by atoms with Crippen LogP contribution >= 0.6 is 0 Å². The average molecular weight is 493 g/mol. The molecule has 3 unspecified atom stereocenters. The minimum atomic E-state index is -0.670. The normalized spacial score (nSPS) is 20.8. The van der Waals surface area contributed by atoms with Crippen LogP contribution in [0.25, 0.3) is 0 Å². The van der Waals surface area contributed by atoms with Gasteiger partial charge in [-0.3, -0.25) is 24.7 Å². The number of fused-ring (bicyclic) bond motifs is 2. The van der Waals surface area contributed by atoms with Crippen LogP contribution in [0.15, 0.2) is 30.5 Å². The van der Waals surface area contributed by atoms with E-state index in [2.05, 4.69) is 15.6 Å². The number of hydrogen-bond donors (Lipinski definition) is 2. The number of carbonyl (C=O) groups excluding carboxylic acids is 4. The molecule has 3 aliphatic rings. The third-order valence-electron chi connectivity index (χ3n) is 6.96. The number of piperidine rings is 1. The summed E-state index contributed by atoms with van der Waals surface area (Å²) >= 11 is 0. The summed E-state index contributed by atoms with van der Waals surface area (Å²) in [6, 6.07) is 6.35. The summed E-state index contributed by atoms with van der Waals surface area (Å²) in [6.07, 6.45) is 1.87. The Labute approximate surface area is 208 Å². The zero-order valence-electron chi connectivity index (χ0n) is 20.2. The zero-order valence-corrected chi connectivity index (χ0v) is 20.2. The second-order valence-corrected chi connectivity index (χ2v) is 9.41. The Bertz CT molecular complexity index is 1240. The average Bonchev–Trinajstić information content (AvgIpc) is 3.19. The number of benzene rings is 1. The van der Waals surface area contributed by atoms with Crippen LogP contribution in [-0.2, 0) is 38.6 Å². The van der Waals surface area contributed by atoms with Crippen LogP contribution in [-0.4, -0.2) is 46.3 Å². The molecule has 2 N–H and O–H groups in total. The summed E-state index contributed by atoms with van der Waals surface area (Å²) < 4.78 is 11.1. The van der Waals surface area contributed by atoms with Gasteiger partial charge in [-0.05, 0) is 54.7 Å². The molecule has 10 heteroatoms. The number of alkyl carbamates (subject to hydrolysis) is 1. The summed E-state index contributed by atoms with van der Waals surface area (Å²) in [4.78, 5) is 55.3. The molecule has 3 atom stereocenters. The molecule has 0 aliphatic carbocycles. The number of aromatic nitrogens is 1. The molecule has 1 aromatic carbocycles. The number of carbonyl (C=O) groups is 4. The van der Waals surface area contributed by atoms with Gasteiger partial charge >= 0.3 is 6.09 Å². The molecule has 188 valence electrons. The smallest absolute Gasteiger partial charge is 0.408 e. The lowest BCUT2D eigenvalue weighted by atomic mass is 10.0. The Morgan fingerprint density at radius 3 is 2.81 bits per heavy atom. The predicted molar refractivity (Wildman–Crippen MR) is 127 cm³/mol. The molecular weight excluding hydrogens is 464 g/mol. The number of imide groups is 1. The van der Waals surface area contributed by atoms with Gasteiger partial charge in [0.05, 0.1) is 19.3 Å². The minimum absolute atomic E-state index is 0.204. The van der Waals surface area contributed by atoms with E-state index in [0.717, 1.165) is 28.8 Å². The van der Waals surface area contributed by atoms with Gasteiger partial charge in [-0.15, -0.1) is 0 Å². The first kappa shape index (κ1) is 23.9. The van der Waals surface area contributed by atoms with E-state index in [4.69, 9.17) is 9.47 Å². The first-order valence-corrected chi connectivity index (χ1v) is 12.1. The lowest BCUT2D eigenvalue weighted by Crippen LogP contribution is -2.52. The van der Waals surface area contributed by atoms with Crippen LogP contribution in [0.2, 0.25) is 0 Å². The van der Waals surface area contributed by atoms with Crippen LogP contribution in [0.3, 0.4) is 0 Å². The lowest BCUT2D eigenvalue weighted by Gasteiger charge is -2.29. The number of pyridine rings is 1. The molecule has 4 heterocycles. The summed E-state index contributed by atoms with van der Waals surface area (Å²) in [5.74, 6) is -1.04. The van der Waals surface area contributed by atoms with Crippen molar-refractivity contribution in [3.63, 3.8) is 0 Å². The quantitative estimate of drug-likeness (QED) is 0.614. The van der Waals surface area contributed by atoms with Gasteiger partial charge in [-0.25, -0.2) is 4.79 Å². The van der Waals surface area contributed by atoms with Gasteiger partial charge in [0.2, 0.25) is 11.8 Å². The maximum atomic E-state index is 13.1. The van der Waals surface area contributed by atoms with Crippen molar-refractivity contribution in [1.82, 2.24) is 20.5 Å². The lowest BCUT2D eigenvalue weighted by molar-refractivity contribution is -0.136. The Kier molecular flexibility index (Phi) is 6.44. The first-order chi connectivity index (χ1) is 17.3. The molecule has 1 saturated heterocycles. The number of amides is 4. The minimum Gasteiger partial charge on any atom is -0.442 e. The molecule has 0 saturated carbocycles. The van der Waals surface area contributed by atoms with Crippen molar-refractivity contribution in [2.75, 3.05) is 6.61 Å². The van der Waals surface area contributed by atoms with Crippen LogP contribution in [0.1, 0.15) is 77.1 Å². The van der Waals surface area contributed by atoms with E-state index in [0.29, 0.717) is 37.3 Å². The monoisotopic (exact) mass is 492 g/mol. The molecule has 5 rings (SSSR count). The fourth-order valence-electron chi connectivity index (χ4n) is 4.84. The predicted octanol–water partition coefficient (Wildman–Crippen LogP) is 2.46. The fraction of sp³-hybridized carbons (Fsp3) is 0.423. The molecule has 4 amide bonds. The maximum absolute atomic E-state index is 13.1. The van der Waals surface area contributed by atoms with Gasteiger partial charge in [0.15, 0.2) is 0 Å². The van der Waals surface area contributed by atoms with Crippen LogP contribution in [0.4, 0.5) is 4.79 Å². The Morgan fingerprint density at radius 1 is 1.17 bits per heavy atom. The molecule has 10 nitrogen and oxygen atoms in total. The molecule has 1 aromatic heterocycles. The van der Waals surface area contributed by atoms with Crippen molar-refractivity contribution in [1.29, 1.82) is 0 Å². The largest absolute Gasteiger partial charge is 0.442 e. The Hall–Kier alpha value is -3.79. The summed E-state index contributed by atoms with van der Waals surface area (Å²) in [5.41, 5.74) is 4.86. The van der Waals surface area contributed by atoms with Crippen LogP contribution < -0.4 is 10.6 Å². The second-order valence-electron chi connectivity index (χ2n) is 9.41. The number of hydrogen-bond acceptors (Lipinski definition) is 7. The van der Waals surface area contributed by atoms with E-state index >= 15 is 0 Å². The van der Waals surface area contributed by atoms with Crippen molar-refractivity contribution in [2.45, 2.75) is 64.4 Å². The standard InChI is InChI=1S/C26H28N4O6/c1-14(18-9-19-13-35-8-7-21(19)27-11-18)28-26(34)36-15(2)16-3-4-17-12-30(25(33)20(17)10-16)22-5-6-23(31)29-24(22)32/h3-4,9-11,14-15,22H,5-8,12-13H2,1-2H3,(H,28,34)(H,29,31,32). The second kappa shape index (κ2) is 9.69. The topological polar surface area (TPSA) is 127 Å². The van der Waals surface area contributed by atoms with Crippen LogP contribution in [0, 0.1) is 0 Å². The van der Waals surface area contributed by atoms with Crippen molar-refractivity contribution in [3.05, 3.63) is 64.0 Å². The van der Waals surface area contributed by atoms with Crippen molar-refractivity contribution < 1.29 is 28.7 Å². The third-order valence-corrected chi connectivity index (χ3v) is 6.96. The van der Waals surface area contributed by atoms with E-state index in [9.17, 15) is 19.2 Å². The zero-order chi connectivity index (χ0) is 25.4. The summed E-state index contributed by atoms with van der Waals surface area (Å²) in [5, 5.41) is 5.13. The molecule has 0 spiro atoms. The Morgan fingerprint density at radius 2 is 2.00 bits per heavy atom. The van der Waals surface area contributed by atoms with Crippen molar-refractivity contribution >= 4 is 23.8 Å². The van der Waals surface area contributed by atoms with Gasteiger partial charge in [-0.1, -0.05) is 12.1 Å². The molecule has 1 fully saturated rings. The first-order valence-electron chi connectivity index (χ1n) is 12.1. The molecule has 0 radical (unpaired) electrons. The number of ether oxygens (including phenoxy) is 2. The molecule has 2 aromatic rings. The van der Waals surface area contributed by atoms with Crippen molar-refractivity contribution in [3.8, 4) is 0 Å². The summed E-state index contributed by atoms with van der Waals surface area (Å²) in [7, 11) is 0. The highest BCUT2D eigenvalue weighted by atomic mass is 16.6.